The van der Waals surface area contributed by atoms with Crippen LogP contribution in [0.5, 0.6) is 5.75 Å². The van der Waals surface area contributed by atoms with Gasteiger partial charge < -0.3 is 9.72 Å². The molecule has 1 N–H and O–H groups in total. The Morgan fingerprint density at radius 2 is 2.05 bits per heavy atom. The number of halogens is 2. The zero-order valence-electron chi connectivity index (χ0n) is 11.7. The van der Waals surface area contributed by atoms with E-state index in [2.05, 4.69) is 9.97 Å². The first kappa shape index (κ1) is 13.9. The third-order valence-electron chi connectivity index (χ3n) is 3.29. The van der Waals surface area contributed by atoms with Gasteiger partial charge in [0.2, 0.25) is 0 Å². The van der Waals surface area contributed by atoms with Crippen LogP contribution >= 0.6 is 11.6 Å². The number of rotatable bonds is 3. The van der Waals surface area contributed by atoms with Crippen LogP contribution in [-0.2, 0) is 0 Å². The number of fused-ring (bicyclic) bond motifs is 1. The SMILES string of the molecule is Cc1cc(OC(C)c2nc3ccc(F)cc3[nH]2)ccc1Cl. The summed E-state index contributed by atoms with van der Waals surface area (Å²) >= 11 is 5.99. The zero-order valence-corrected chi connectivity index (χ0v) is 12.4. The van der Waals surface area contributed by atoms with Crippen molar-refractivity contribution in [3.63, 3.8) is 0 Å². The van der Waals surface area contributed by atoms with Gasteiger partial charge in [-0.05, 0) is 55.8 Å². The largest absolute Gasteiger partial charge is 0.483 e. The van der Waals surface area contributed by atoms with Gasteiger partial charge in [-0.2, -0.15) is 0 Å². The second-order valence-corrected chi connectivity index (χ2v) is 5.36. The number of aromatic amines is 1. The molecule has 0 saturated carbocycles. The van der Waals surface area contributed by atoms with E-state index in [1.54, 1.807) is 12.1 Å². The Bertz CT molecular complexity index is 800. The molecule has 5 heteroatoms. The monoisotopic (exact) mass is 304 g/mol. The van der Waals surface area contributed by atoms with Crippen molar-refractivity contribution in [3.8, 4) is 5.75 Å². The Hall–Kier alpha value is -2.07. The van der Waals surface area contributed by atoms with Crippen LogP contribution in [0.15, 0.2) is 36.4 Å². The van der Waals surface area contributed by atoms with E-state index in [-0.39, 0.29) is 11.9 Å². The summed E-state index contributed by atoms with van der Waals surface area (Å²) in [7, 11) is 0. The molecule has 0 spiro atoms. The van der Waals surface area contributed by atoms with Gasteiger partial charge in [0.15, 0.2) is 6.10 Å². The van der Waals surface area contributed by atoms with Gasteiger partial charge in [-0.15, -0.1) is 0 Å². The Kier molecular flexibility index (Phi) is 3.55. The second-order valence-electron chi connectivity index (χ2n) is 4.95. The zero-order chi connectivity index (χ0) is 15.0. The summed E-state index contributed by atoms with van der Waals surface area (Å²) in [6.45, 7) is 3.81. The third kappa shape index (κ3) is 2.85. The molecule has 3 aromatic rings. The molecule has 1 aromatic heterocycles. The molecule has 21 heavy (non-hydrogen) atoms. The maximum absolute atomic E-state index is 13.2. The lowest BCUT2D eigenvalue weighted by atomic mass is 10.2. The molecule has 0 saturated heterocycles. The first-order valence-corrected chi connectivity index (χ1v) is 6.99. The number of H-pyrrole nitrogens is 1. The van der Waals surface area contributed by atoms with Gasteiger partial charge in [0.05, 0.1) is 11.0 Å². The lowest BCUT2D eigenvalue weighted by molar-refractivity contribution is 0.218. The number of imidazole rings is 1. The van der Waals surface area contributed by atoms with E-state index in [1.807, 2.05) is 26.0 Å². The maximum atomic E-state index is 13.2. The van der Waals surface area contributed by atoms with Gasteiger partial charge in [-0.3, -0.25) is 0 Å². The van der Waals surface area contributed by atoms with Gasteiger partial charge >= 0.3 is 0 Å². The number of nitrogens with zero attached hydrogens (tertiary/aromatic N) is 1. The molecule has 3 nitrogen and oxygen atoms in total. The van der Waals surface area contributed by atoms with Crippen molar-refractivity contribution in [3.05, 3.63) is 58.6 Å². The molecule has 1 atom stereocenters. The van der Waals surface area contributed by atoms with Crippen molar-refractivity contribution in [2.75, 3.05) is 0 Å². The van der Waals surface area contributed by atoms with Crippen LogP contribution in [0.1, 0.15) is 24.4 Å². The van der Waals surface area contributed by atoms with Crippen molar-refractivity contribution in [2.45, 2.75) is 20.0 Å². The minimum atomic E-state index is -0.292. The first-order chi connectivity index (χ1) is 10.0. The van der Waals surface area contributed by atoms with E-state index in [0.717, 1.165) is 11.3 Å². The fraction of sp³-hybridized carbons (Fsp3) is 0.188. The van der Waals surface area contributed by atoms with Crippen molar-refractivity contribution in [1.29, 1.82) is 0 Å². The summed E-state index contributed by atoms with van der Waals surface area (Å²) in [6, 6.07) is 9.94. The lowest BCUT2D eigenvalue weighted by Crippen LogP contribution is -2.05. The number of hydrogen-bond acceptors (Lipinski definition) is 2. The molecular formula is C16H14ClFN2O. The number of benzene rings is 2. The molecule has 0 aliphatic heterocycles. The summed E-state index contributed by atoms with van der Waals surface area (Å²) in [4.78, 5) is 7.50. The van der Waals surface area contributed by atoms with Gasteiger partial charge in [-0.25, -0.2) is 9.37 Å². The Labute approximate surface area is 126 Å². The van der Waals surface area contributed by atoms with Crippen molar-refractivity contribution in [1.82, 2.24) is 9.97 Å². The molecule has 0 amide bonds. The molecule has 0 aliphatic carbocycles. The molecule has 3 rings (SSSR count). The minimum Gasteiger partial charge on any atom is -0.483 e. The fourth-order valence-electron chi connectivity index (χ4n) is 2.14. The van der Waals surface area contributed by atoms with Gasteiger partial charge in [0, 0.05) is 5.02 Å². The van der Waals surface area contributed by atoms with E-state index >= 15 is 0 Å². The smallest absolute Gasteiger partial charge is 0.153 e. The van der Waals surface area contributed by atoms with Crippen molar-refractivity contribution in [2.24, 2.45) is 0 Å². The molecular weight excluding hydrogens is 291 g/mol. The molecule has 0 fully saturated rings. The molecule has 1 unspecified atom stereocenters. The summed E-state index contributed by atoms with van der Waals surface area (Å²) in [6.07, 6.45) is -0.277. The van der Waals surface area contributed by atoms with E-state index in [9.17, 15) is 4.39 Å². The van der Waals surface area contributed by atoms with E-state index in [1.165, 1.54) is 12.1 Å². The molecule has 108 valence electrons. The summed E-state index contributed by atoms with van der Waals surface area (Å²) < 4.78 is 19.0. The lowest BCUT2D eigenvalue weighted by Gasteiger charge is -2.13. The molecule has 0 radical (unpaired) electrons. The predicted octanol–water partition coefficient (Wildman–Crippen LogP) is 4.80. The van der Waals surface area contributed by atoms with E-state index < -0.39 is 0 Å². The summed E-state index contributed by atoms with van der Waals surface area (Å²) in [5, 5.41) is 0.703. The molecule has 0 aliphatic rings. The minimum absolute atomic E-state index is 0.277. The van der Waals surface area contributed by atoms with Gasteiger partial charge in [-0.1, -0.05) is 11.6 Å². The highest BCUT2D eigenvalue weighted by molar-refractivity contribution is 6.31. The van der Waals surface area contributed by atoms with Crippen molar-refractivity contribution >= 4 is 22.6 Å². The maximum Gasteiger partial charge on any atom is 0.153 e. The summed E-state index contributed by atoms with van der Waals surface area (Å²) in [5.41, 5.74) is 2.33. The predicted molar refractivity (Wildman–Crippen MR) is 81.3 cm³/mol. The van der Waals surface area contributed by atoms with E-state index in [4.69, 9.17) is 16.3 Å². The number of hydrogen-bond donors (Lipinski definition) is 1. The van der Waals surface area contributed by atoms with E-state index in [0.29, 0.717) is 21.9 Å². The highest BCUT2D eigenvalue weighted by atomic mass is 35.5. The Morgan fingerprint density at radius 3 is 2.81 bits per heavy atom. The average Bonchev–Trinajstić information content (AvgIpc) is 2.86. The van der Waals surface area contributed by atoms with Gasteiger partial charge in [0.1, 0.15) is 17.4 Å². The van der Waals surface area contributed by atoms with Crippen LogP contribution in [0.25, 0.3) is 11.0 Å². The van der Waals surface area contributed by atoms with Crippen LogP contribution in [0.3, 0.4) is 0 Å². The van der Waals surface area contributed by atoms with Crippen LogP contribution in [0.2, 0.25) is 5.02 Å². The number of nitrogens with one attached hydrogen (secondary N) is 1. The molecule has 1 heterocycles. The Balaban J connectivity index is 1.85. The number of aromatic nitrogens is 2. The molecule has 0 bridgehead atoms. The normalized spacial score (nSPS) is 12.6. The van der Waals surface area contributed by atoms with Crippen molar-refractivity contribution < 1.29 is 9.13 Å². The number of ether oxygens (including phenoxy) is 1. The first-order valence-electron chi connectivity index (χ1n) is 6.61. The quantitative estimate of drug-likeness (QED) is 0.754. The third-order valence-corrected chi connectivity index (χ3v) is 3.71. The molecule has 2 aromatic carbocycles. The summed E-state index contributed by atoms with van der Waals surface area (Å²) in [5.74, 6) is 1.08. The highest BCUT2D eigenvalue weighted by Gasteiger charge is 2.13. The van der Waals surface area contributed by atoms with Crippen LogP contribution in [0.4, 0.5) is 4.39 Å². The highest BCUT2D eigenvalue weighted by Crippen LogP contribution is 2.26. The Morgan fingerprint density at radius 1 is 1.24 bits per heavy atom. The number of aryl methyl sites for hydroxylation is 1. The second kappa shape index (κ2) is 5.37. The average molecular weight is 305 g/mol. The van der Waals surface area contributed by atoms with Crippen LogP contribution in [-0.4, -0.2) is 9.97 Å². The van der Waals surface area contributed by atoms with Crippen LogP contribution in [0, 0.1) is 12.7 Å². The topological polar surface area (TPSA) is 37.9 Å². The standard InChI is InChI=1S/C16H14ClFN2O/c1-9-7-12(4-5-13(9)17)21-10(2)16-19-14-6-3-11(18)8-15(14)20-16/h3-8,10H,1-2H3,(H,19,20). The van der Waals surface area contributed by atoms with Gasteiger partial charge in [0.25, 0.3) is 0 Å². The fourth-order valence-corrected chi connectivity index (χ4v) is 2.26. The van der Waals surface area contributed by atoms with Crippen LogP contribution < -0.4 is 4.74 Å².